The van der Waals surface area contributed by atoms with Gasteiger partial charge in [-0.15, -0.1) is 13.2 Å². The third-order valence-corrected chi connectivity index (χ3v) is 4.59. The van der Waals surface area contributed by atoms with Crippen LogP contribution in [0.3, 0.4) is 0 Å². The van der Waals surface area contributed by atoms with Crippen LogP contribution in [-0.4, -0.2) is 46.6 Å². The summed E-state index contributed by atoms with van der Waals surface area (Å²) < 4.78 is 40.6. The number of ether oxygens (including phenoxy) is 1. The second-order valence-corrected chi connectivity index (χ2v) is 7.63. The van der Waals surface area contributed by atoms with Crippen LogP contribution in [0.5, 0.6) is 5.75 Å². The molecule has 0 saturated heterocycles. The van der Waals surface area contributed by atoms with Gasteiger partial charge in [0, 0.05) is 6.42 Å². The van der Waals surface area contributed by atoms with E-state index in [2.05, 4.69) is 20.3 Å². The maximum atomic E-state index is 12.3. The molecule has 170 valence electrons. The fraction of sp³-hybridized carbons (Fsp3) is 0.500. The Bertz CT molecular complexity index is 837. The first-order valence-corrected chi connectivity index (χ1v) is 9.60. The minimum absolute atomic E-state index is 0.00978. The summed E-state index contributed by atoms with van der Waals surface area (Å²) in [5.41, 5.74) is 1.25. The van der Waals surface area contributed by atoms with Crippen molar-refractivity contribution in [3.63, 3.8) is 0 Å². The Kier molecular flexibility index (Phi) is 8.14. The van der Waals surface area contributed by atoms with Crippen molar-refractivity contribution in [2.45, 2.75) is 57.6 Å². The molecule has 8 nitrogen and oxygen atoms in total. The van der Waals surface area contributed by atoms with E-state index < -0.39 is 36.4 Å². The number of rotatable bonds is 11. The van der Waals surface area contributed by atoms with Crippen molar-refractivity contribution in [3.8, 4) is 5.75 Å². The van der Waals surface area contributed by atoms with Crippen LogP contribution < -0.4 is 10.1 Å². The summed E-state index contributed by atoms with van der Waals surface area (Å²) in [5, 5.41) is 29.5. The normalized spacial score (nSPS) is 18.0. The lowest BCUT2D eigenvalue weighted by molar-refractivity contribution is -0.274. The van der Waals surface area contributed by atoms with E-state index in [0.717, 1.165) is 0 Å². The first-order valence-electron chi connectivity index (χ1n) is 9.60. The zero-order valence-corrected chi connectivity index (χ0v) is 17.0. The summed E-state index contributed by atoms with van der Waals surface area (Å²) in [7, 11) is 0. The molecule has 1 aliphatic heterocycles. The van der Waals surface area contributed by atoms with E-state index in [-0.39, 0.29) is 24.5 Å². The van der Waals surface area contributed by atoms with Crippen molar-refractivity contribution in [1.29, 1.82) is 0 Å². The van der Waals surface area contributed by atoms with Crippen molar-refractivity contribution in [2.75, 3.05) is 0 Å². The van der Waals surface area contributed by atoms with Crippen molar-refractivity contribution < 1.29 is 37.7 Å². The number of carboxylic acids is 2. The summed E-state index contributed by atoms with van der Waals surface area (Å²) in [6.07, 6.45) is -2.80. The number of nitrogens with zero attached hydrogens (tertiary/aromatic N) is 2. The average Bonchev–Trinajstić information content (AvgIpc) is 3.07. The van der Waals surface area contributed by atoms with E-state index in [9.17, 15) is 33.0 Å². The number of hydrogen-bond donors (Lipinski definition) is 3. The molecule has 11 heteroatoms. The number of nitrogens with one attached hydrogen (secondary N) is 1. The standard InChI is InChI=1S/C20H24F3N3O5/c1-11(2)7-16(18(27)28)25-17(19(29)30)9-13-10-24-26-15(13)8-12-3-5-14(6-4-12)31-20(21,22)23/h3-6,10-11,15-17,25H,7-9H2,1-2H3,(H,27,28)(H,29,30). The Labute approximate surface area is 176 Å². The number of carbonyl (C=O) groups is 2. The highest BCUT2D eigenvalue weighted by atomic mass is 19.4. The highest BCUT2D eigenvalue weighted by Crippen LogP contribution is 2.26. The molecule has 0 radical (unpaired) electrons. The maximum Gasteiger partial charge on any atom is 0.573 e. The average molecular weight is 443 g/mol. The lowest BCUT2D eigenvalue weighted by Gasteiger charge is -2.23. The predicted molar refractivity (Wildman–Crippen MR) is 104 cm³/mol. The molecule has 31 heavy (non-hydrogen) atoms. The molecule has 0 saturated carbocycles. The molecule has 1 heterocycles. The number of azo groups is 1. The van der Waals surface area contributed by atoms with E-state index >= 15 is 0 Å². The summed E-state index contributed by atoms with van der Waals surface area (Å²) >= 11 is 0. The Morgan fingerprint density at radius 1 is 1.13 bits per heavy atom. The molecule has 0 aromatic heterocycles. The van der Waals surface area contributed by atoms with Crippen LogP contribution >= 0.6 is 0 Å². The topological polar surface area (TPSA) is 121 Å². The number of aliphatic carboxylic acids is 2. The molecule has 3 N–H and O–H groups in total. The monoisotopic (exact) mass is 443 g/mol. The SMILES string of the molecule is CC(C)CC(NC(CC1=CN=NC1Cc1ccc(OC(F)(F)F)cc1)C(=O)O)C(=O)O. The van der Waals surface area contributed by atoms with Gasteiger partial charge in [-0.1, -0.05) is 26.0 Å². The van der Waals surface area contributed by atoms with Gasteiger partial charge in [0.1, 0.15) is 17.8 Å². The van der Waals surface area contributed by atoms with E-state index in [1.54, 1.807) is 0 Å². The predicted octanol–water partition coefficient (Wildman–Crippen LogP) is 3.78. The first kappa shape index (κ1) is 24.3. The first-order chi connectivity index (χ1) is 14.4. The summed E-state index contributed by atoms with van der Waals surface area (Å²) in [6.45, 7) is 3.68. The molecular weight excluding hydrogens is 419 g/mol. The largest absolute Gasteiger partial charge is 0.573 e. The summed E-state index contributed by atoms with van der Waals surface area (Å²) in [6, 6.07) is 2.63. The molecular formula is C20H24F3N3O5. The van der Waals surface area contributed by atoms with E-state index in [1.165, 1.54) is 30.5 Å². The van der Waals surface area contributed by atoms with Crippen LogP contribution in [0.2, 0.25) is 0 Å². The molecule has 1 aliphatic rings. The van der Waals surface area contributed by atoms with Crippen LogP contribution in [0, 0.1) is 5.92 Å². The molecule has 0 spiro atoms. The number of hydrogen-bond acceptors (Lipinski definition) is 6. The molecule has 2 rings (SSSR count). The fourth-order valence-electron chi connectivity index (χ4n) is 3.17. The highest BCUT2D eigenvalue weighted by Gasteiger charge is 2.32. The minimum atomic E-state index is -4.78. The third-order valence-electron chi connectivity index (χ3n) is 4.59. The van der Waals surface area contributed by atoms with Gasteiger partial charge in [0.15, 0.2) is 0 Å². The van der Waals surface area contributed by atoms with E-state index in [4.69, 9.17) is 0 Å². The van der Waals surface area contributed by atoms with Crippen LogP contribution in [0.1, 0.15) is 32.3 Å². The smallest absolute Gasteiger partial charge is 0.480 e. The van der Waals surface area contributed by atoms with E-state index in [0.29, 0.717) is 17.6 Å². The van der Waals surface area contributed by atoms with Crippen molar-refractivity contribution in [2.24, 2.45) is 16.1 Å². The lowest BCUT2D eigenvalue weighted by Crippen LogP contribution is -2.48. The molecule has 1 aromatic rings. The molecule has 1 aromatic carbocycles. The van der Waals surface area contributed by atoms with Crippen molar-refractivity contribution >= 4 is 11.9 Å². The van der Waals surface area contributed by atoms with Gasteiger partial charge < -0.3 is 14.9 Å². The summed E-state index contributed by atoms with van der Waals surface area (Å²) in [4.78, 5) is 23.2. The third kappa shape index (κ3) is 8.00. The van der Waals surface area contributed by atoms with E-state index in [1.807, 2.05) is 13.8 Å². The Balaban J connectivity index is 2.03. The number of carboxylic acid groups (broad SMARTS) is 2. The Morgan fingerprint density at radius 2 is 1.74 bits per heavy atom. The zero-order chi connectivity index (χ0) is 23.2. The van der Waals surface area contributed by atoms with Crippen molar-refractivity contribution in [1.82, 2.24) is 5.32 Å². The van der Waals surface area contributed by atoms with Crippen LogP contribution in [0.4, 0.5) is 13.2 Å². The van der Waals surface area contributed by atoms with Gasteiger partial charge in [-0.25, -0.2) is 0 Å². The highest BCUT2D eigenvalue weighted by molar-refractivity contribution is 5.77. The minimum Gasteiger partial charge on any atom is -0.480 e. The molecule has 0 aliphatic carbocycles. The maximum absolute atomic E-state index is 12.3. The Morgan fingerprint density at radius 3 is 2.26 bits per heavy atom. The molecule has 0 fully saturated rings. The summed E-state index contributed by atoms with van der Waals surface area (Å²) in [5.74, 6) is -2.63. The van der Waals surface area contributed by atoms with Gasteiger partial charge in [-0.3, -0.25) is 14.9 Å². The number of alkyl halides is 3. The molecule has 0 amide bonds. The number of benzene rings is 1. The van der Waals surface area contributed by atoms with Crippen LogP contribution in [-0.2, 0) is 16.0 Å². The van der Waals surface area contributed by atoms with Gasteiger partial charge in [-0.2, -0.15) is 10.2 Å². The van der Waals surface area contributed by atoms with Crippen LogP contribution in [0.15, 0.2) is 46.3 Å². The van der Waals surface area contributed by atoms with Gasteiger partial charge in [-0.05, 0) is 42.0 Å². The van der Waals surface area contributed by atoms with Crippen molar-refractivity contribution in [3.05, 3.63) is 41.6 Å². The molecule has 3 unspecified atom stereocenters. The Hall–Kier alpha value is -2.95. The number of halogens is 3. The molecule has 3 atom stereocenters. The van der Waals surface area contributed by atoms with Gasteiger partial charge >= 0.3 is 18.3 Å². The second kappa shape index (κ2) is 10.4. The van der Waals surface area contributed by atoms with Gasteiger partial charge in [0.05, 0.1) is 12.2 Å². The fourth-order valence-corrected chi connectivity index (χ4v) is 3.17. The lowest BCUT2D eigenvalue weighted by atomic mass is 9.94. The quantitative estimate of drug-likeness (QED) is 0.479. The van der Waals surface area contributed by atoms with Gasteiger partial charge in [0.2, 0.25) is 0 Å². The second-order valence-electron chi connectivity index (χ2n) is 7.63. The van der Waals surface area contributed by atoms with Crippen LogP contribution in [0.25, 0.3) is 0 Å². The zero-order valence-electron chi connectivity index (χ0n) is 17.0. The van der Waals surface area contributed by atoms with Gasteiger partial charge in [0.25, 0.3) is 0 Å². The molecule has 0 bridgehead atoms.